The molecule has 0 saturated carbocycles. The van der Waals surface area contributed by atoms with Gasteiger partial charge < -0.3 is 5.73 Å². The van der Waals surface area contributed by atoms with Crippen molar-refractivity contribution in [1.29, 1.82) is 0 Å². The first kappa shape index (κ1) is 11.6. The van der Waals surface area contributed by atoms with E-state index in [9.17, 15) is 0 Å². The highest BCUT2D eigenvalue weighted by atomic mass is 35.5. The molecule has 1 aromatic rings. The second-order valence-electron chi connectivity index (χ2n) is 3.16. The maximum absolute atomic E-state index is 5.74. The molecule has 1 rings (SSSR count). The first-order chi connectivity index (χ1) is 6.59. The van der Waals surface area contributed by atoms with E-state index in [1.807, 2.05) is 19.1 Å². The quantitative estimate of drug-likeness (QED) is 0.797. The molecule has 0 aliphatic heterocycles. The Morgan fingerprint density at radius 1 is 1.50 bits per heavy atom. The summed E-state index contributed by atoms with van der Waals surface area (Å²) in [6.45, 7) is 5.62. The fraction of sp³-hybridized carbons (Fsp3) is 0.273. The molecule has 0 aliphatic carbocycles. The lowest BCUT2D eigenvalue weighted by molar-refractivity contribution is 0.817. The molecule has 3 heteroatoms. The van der Waals surface area contributed by atoms with Gasteiger partial charge in [-0.05, 0) is 24.6 Å². The van der Waals surface area contributed by atoms with Crippen LogP contribution in [0.4, 0.5) is 0 Å². The Morgan fingerprint density at radius 3 is 2.50 bits per heavy atom. The summed E-state index contributed by atoms with van der Waals surface area (Å²) >= 11 is 7.35. The molecule has 0 spiro atoms. The van der Waals surface area contributed by atoms with Gasteiger partial charge in [-0.15, -0.1) is 11.8 Å². The molecule has 14 heavy (non-hydrogen) atoms. The number of hydrogen-bond acceptors (Lipinski definition) is 2. The van der Waals surface area contributed by atoms with Crippen molar-refractivity contribution in [2.24, 2.45) is 5.73 Å². The monoisotopic (exact) mass is 227 g/mol. The van der Waals surface area contributed by atoms with E-state index in [0.29, 0.717) is 5.03 Å². The normalized spacial score (nSPS) is 12.5. The van der Waals surface area contributed by atoms with Crippen LogP contribution in [0.1, 0.15) is 18.5 Å². The Morgan fingerprint density at radius 2 is 2.07 bits per heavy atom. The summed E-state index contributed by atoms with van der Waals surface area (Å²) in [4.78, 5) is 1.19. The van der Waals surface area contributed by atoms with Crippen molar-refractivity contribution in [3.8, 4) is 0 Å². The molecule has 0 amide bonds. The first-order valence-corrected chi connectivity index (χ1v) is 5.77. The highest BCUT2D eigenvalue weighted by Gasteiger charge is 1.99. The fourth-order valence-corrected chi connectivity index (χ4v) is 1.84. The molecule has 0 saturated heterocycles. The van der Waals surface area contributed by atoms with Gasteiger partial charge in [0.25, 0.3) is 0 Å². The molecule has 1 aromatic carbocycles. The van der Waals surface area contributed by atoms with E-state index >= 15 is 0 Å². The third-order valence-electron chi connectivity index (χ3n) is 1.80. The Bertz CT molecular complexity index is 306. The summed E-state index contributed by atoms with van der Waals surface area (Å²) in [6.07, 6.45) is 0. The second-order valence-corrected chi connectivity index (χ2v) is 4.75. The molecule has 0 heterocycles. The van der Waals surface area contributed by atoms with Gasteiger partial charge in [-0.1, -0.05) is 30.3 Å². The van der Waals surface area contributed by atoms with Crippen LogP contribution in [0, 0.1) is 0 Å². The number of benzene rings is 1. The van der Waals surface area contributed by atoms with Crippen LogP contribution in [0.2, 0.25) is 0 Å². The lowest BCUT2D eigenvalue weighted by atomic mass is 10.1. The van der Waals surface area contributed by atoms with Crippen molar-refractivity contribution in [2.75, 3.05) is 5.75 Å². The molecule has 1 atom stereocenters. The molecule has 0 radical (unpaired) electrons. The number of halogens is 1. The van der Waals surface area contributed by atoms with Crippen LogP contribution in [0.15, 0.2) is 40.8 Å². The molecule has 1 nitrogen and oxygen atoms in total. The summed E-state index contributed by atoms with van der Waals surface area (Å²) < 4.78 is 0. The first-order valence-electron chi connectivity index (χ1n) is 4.41. The van der Waals surface area contributed by atoms with Crippen LogP contribution in [0.3, 0.4) is 0 Å². The van der Waals surface area contributed by atoms with E-state index in [1.54, 1.807) is 11.8 Å². The van der Waals surface area contributed by atoms with E-state index in [0.717, 1.165) is 11.3 Å². The zero-order valence-corrected chi connectivity index (χ0v) is 9.74. The number of thioether (sulfide) groups is 1. The van der Waals surface area contributed by atoms with Crippen LogP contribution in [-0.4, -0.2) is 5.75 Å². The van der Waals surface area contributed by atoms with Gasteiger partial charge in [-0.3, -0.25) is 0 Å². The third-order valence-corrected chi connectivity index (χ3v) is 3.19. The SMILES string of the molecule is C=C(Cl)CSc1ccc(C(C)N)cc1. The van der Waals surface area contributed by atoms with E-state index in [-0.39, 0.29) is 6.04 Å². The van der Waals surface area contributed by atoms with Gasteiger partial charge in [-0.25, -0.2) is 0 Å². The average molecular weight is 228 g/mol. The molecule has 0 bridgehead atoms. The van der Waals surface area contributed by atoms with Crippen LogP contribution in [0.25, 0.3) is 0 Å². The Hall–Kier alpha value is -0.440. The van der Waals surface area contributed by atoms with Crippen LogP contribution >= 0.6 is 23.4 Å². The Labute approximate surface area is 94.3 Å². The van der Waals surface area contributed by atoms with Gasteiger partial charge in [0, 0.05) is 21.7 Å². The summed E-state index contributed by atoms with van der Waals surface area (Å²) in [5.41, 5.74) is 6.90. The summed E-state index contributed by atoms with van der Waals surface area (Å²) in [5.74, 6) is 0.749. The van der Waals surface area contributed by atoms with Crippen LogP contribution in [-0.2, 0) is 0 Å². The van der Waals surface area contributed by atoms with Crippen molar-refractivity contribution in [2.45, 2.75) is 17.9 Å². The van der Waals surface area contributed by atoms with Gasteiger partial charge >= 0.3 is 0 Å². The maximum Gasteiger partial charge on any atom is 0.0334 e. The van der Waals surface area contributed by atoms with Gasteiger partial charge in [0.15, 0.2) is 0 Å². The van der Waals surface area contributed by atoms with Crippen molar-refractivity contribution < 1.29 is 0 Å². The molecule has 0 aliphatic rings. The standard InChI is InChI=1S/C11H14ClNS/c1-8(12)7-14-11-5-3-10(4-6-11)9(2)13/h3-6,9H,1,7,13H2,2H3. The van der Waals surface area contributed by atoms with Crippen molar-refractivity contribution in [1.82, 2.24) is 0 Å². The smallest absolute Gasteiger partial charge is 0.0334 e. The molecule has 1 unspecified atom stereocenters. The van der Waals surface area contributed by atoms with Crippen LogP contribution in [0.5, 0.6) is 0 Å². The molecule has 0 aromatic heterocycles. The topological polar surface area (TPSA) is 26.0 Å². The lowest BCUT2D eigenvalue weighted by Crippen LogP contribution is -2.04. The zero-order valence-electron chi connectivity index (χ0n) is 8.16. The van der Waals surface area contributed by atoms with Crippen molar-refractivity contribution in [3.63, 3.8) is 0 Å². The minimum absolute atomic E-state index is 0.0945. The molecule has 76 valence electrons. The fourth-order valence-electron chi connectivity index (χ4n) is 1.03. The summed E-state index contributed by atoms with van der Waals surface area (Å²) in [7, 11) is 0. The highest BCUT2D eigenvalue weighted by Crippen LogP contribution is 2.22. The van der Waals surface area contributed by atoms with E-state index in [2.05, 4.69) is 18.7 Å². The van der Waals surface area contributed by atoms with E-state index in [4.69, 9.17) is 17.3 Å². The predicted octanol–water partition coefficient (Wildman–Crippen LogP) is 3.55. The lowest BCUT2D eigenvalue weighted by Gasteiger charge is -2.06. The number of nitrogens with two attached hydrogens (primary N) is 1. The largest absolute Gasteiger partial charge is 0.324 e. The van der Waals surface area contributed by atoms with Crippen LogP contribution < -0.4 is 5.73 Å². The number of hydrogen-bond donors (Lipinski definition) is 1. The molecule has 2 N–H and O–H groups in total. The maximum atomic E-state index is 5.74. The third kappa shape index (κ3) is 3.74. The summed E-state index contributed by atoms with van der Waals surface area (Å²) in [6, 6.07) is 8.30. The zero-order chi connectivity index (χ0) is 10.6. The Kier molecular flexibility index (Phi) is 4.52. The van der Waals surface area contributed by atoms with Crippen molar-refractivity contribution >= 4 is 23.4 Å². The van der Waals surface area contributed by atoms with E-state index in [1.165, 1.54) is 4.90 Å². The minimum atomic E-state index is 0.0945. The highest BCUT2D eigenvalue weighted by molar-refractivity contribution is 7.99. The predicted molar refractivity (Wildman–Crippen MR) is 64.8 cm³/mol. The summed E-state index contributed by atoms with van der Waals surface area (Å²) in [5, 5.41) is 0.672. The Balaban J connectivity index is 2.59. The van der Waals surface area contributed by atoms with E-state index < -0.39 is 0 Å². The van der Waals surface area contributed by atoms with Gasteiger partial charge in [0.1, 0.15) is 0 Å². The van der Waals surface area contributed by atoms with Gasteiger partial charge in [-0.2, -0.15) is 0 Å². The number of rotatable bonds is 4. The molecular weight excluding hydrogens is 214 g/mol. The molecule has 0 fully saturated rings. The van der Waals surface area contributed by atoms with Gasteiger partial charge in [0.05, 0.1) is 0 Å². The average Bonchev–Trinajstić information content (AvgIpc) is 2.15. The van der Waals surface area contributed by atoms with Gasteiger partial charge in [0.2, 0.25) is 0 Å². The second kappa shape index (κ2) is 5.44. The molecular formula is C11H14ClNS. The minimum Gasteiger partial charge on any atom is -0.324 e. The van der Waals surface area contributed by atoms with Crippen molar-refractivity contribution in [3.05, 3.63) is 41.4 Å².